The molecular weight excluding hydrogens is 262 g/mol. The van der Waals surface area contributed by atoms with Crippen LogP contribution in [0, 0.1) is 0 Å². The summed E-state index contributed by atoms with van der Waals surface area (Å²) in [6.07, 6.45) is 0.652. The van der Waals surface area contributed by atoms with Gasteiger partial charge >= 0.3 is 11.8 Å². The van der Waals surface area contributed by atoms with E-state index in [2.05, 4.69) is 0 Å². The Morgan fingerprint density at radius 2 is 1.80 bits per heavy atom. The zero-order valence-electron chi connectivity index (χ0n) is 11.4. The Balaban J connectivity index is 2.25. The van der Waals surface area contributed by atoms with Gasteiger partial charge in [-0.2, -0.15) is 0 Å². The number of nitrogens with zero attached hydrogens (tertiary/aromatic N) is 1. The third kappa shape index (κ3) is 2.53. The second kappa shape index (κ2) is 5.79. The molecule has 1 aromatic rings. The first kappa shape index (κ1) is 14.1. The van der Waals surface area contributed by atoms with E-state index in [1.54, 1.807) is 14.2 Å². The number of hydrazine groups is 1. The quantitative estimate of drug-likeness (QED) is 0.332. The van der Waals surface area contributed by atoms with Crippen molar-refractivity contribution in [3.63, 3.8) is 0 Å². The van der Waals surface area contributed by atoms with Crippen LogP contribution < -0.4 is 20.7 Å². The highest BCUT2D eigenvalue weighted by atomic mass is 16.5. The van der Waals surface area contributed by atoms with Gasteiger partial charge in [0.2, 0.25) is 0 Å². The summed E-state index contributed by atoms with van der Waals surface area (Å²) in [7, 11) is 3.13. The van der Waals surface area contributed by atoms with Crippen LogP contribution in [0.3, 0.4) is 0 Å². The van der Waals surface area contributed by atoms with Crippen LogP contribution in [-0.2, 0) is 22.6 Å². The van der Waals surface area contributed by atoms with E-state index in [4.69, 9.17) is 15.3 Å². The summed E-state index contributed by atoms with van der Waals surface area (Å²) in [6.45, 7) is 0.816. The van der Waals surface area contributed by atoms with E-state index in [1.807, 2.05) is 17.6 Å². The Hall–Kier alpha value is -2.28. The van der Waals surface area contributed by atoms with Crippen LogP contribution in [0.4, 0.5) is 0 Å². The highest BCUT2D eigenvalue weighted by molar-refractivity contribution is 6.34. The summed E-state index contributed by atoms with van der Waals surface area (Å²) < 4.78 is 10.5. The molecule has 108 valence electrons. The first-order valence-electron chi connectivity index (χ1n) is 6.14. The fourth-order valence-corrected chi connectivity index (χ4v) is 2.26. The van der Waals surface area contributed by atoms with Crippen LogP contribution in [0.1, 0.15) is 11.1 Å². The number of carbonyl (C=O) groups is 2. The van der Waals surface area contributed by atoms with Gasteiger partial charge in [-0.1, -0.05) is 0 Å². The number of amides is 2. The molecule has 0 radical (unpaired) electrons. The van der Waals surface area contributed by atoms with Gasteiger partial charge in [-0.15, -0.1) is 0 Å². The number of nitrogens with one attached hydrogen (secondary N) is 1. The predicted molar refractivity (Wildman–Crippen MR) is 71.0 cm³/mol. The summed E-state index contributed by atoms with van der Waals surface area (Å²) >= 11 is 0. The average Bonchev–Trinajstić information content (AvgIpc) is 2.51. The lowest BCUT2D eigenvalue weighted by atomic mass is 9.98. The molecule has 2 amide bonds. The Morgan fingerprint density at radius 3 is 2.35 bits per heavy atom. The van der Waals surface area contributed by atoms with Gasteiger partial charge in [-0.25, -0.2) is 5.84 Å². The molecule has 7 nitrogen and oxygen atoms in total. The molecule has 1 aromatic carbocycles. The highest BCUT2D eigenvalue weighted by Gasteiger charge is 2.26. The van der Waals surface area contributed by atoms with Gasteiger partial charge in [-0.05, 0) is 29.7 Å². The molecule has 1 aliphatic heterocycles. The van der Waals surface area contributed by atoms with E-state index in [-0.39, 0.29) is 0 Å². The van der Waals surface area contributed by atoms with E-state index in [1.165, 1.54) is 4.90 Å². The number of benzene rings is 1. The van der Waals surface area contributed by atoms with E-state index in [0.29, 0.717) is 31.0 Å². The van der Waals surface area contributed by atoms with E-state index in [0.717, 1.165) is 11.1 Å². The number of hydrogen-bond donors (Lipinski definition) is 2. The Labute approximate surface area is 116 Å². The minimum absolute atomic E-state index is 0.349. The fraction of sp³-hybridized carbons (Fsp3) is 0.385. The Bertz CT molecular complexity index is 545. The summed E-state index contributed by atoms with van der Waals surface area (Å²) in [4.78, 5) is 24.5. The van der Waals surface area contributed by atoms with Crippen molar-refractivity contribution in [1.82, 2.24) is 10.3 Å². The standard InChI is InChI=1S/C13H17N3O4/c1-19-10-5-8-3-4-16(13(18)12(17)15-14)7-9(8)6-11(10)20-2/h5-6H,3-4,7,14H2,1-2H3,(H,15,17). The van der Waals surface area contributed by atoms with Gasteiger partial charge in [-0.3, -0.25) is 15.0 Å². The third-order valence-electron chi connectivity index (χ3n) is 3.33. The van der Waals surface area contributed by atoms with Crippen LogP contribution in [0.5, 0.6) is 11.5 Å². The van der Waals surface area contributed by atoms with Crippen molar-refractivity contribution >= 4 is 11.8 Å². The van der Waals surface area contributed by atoms with Gasteiger partial charge in [0.1, 0.15) is 0 Å². The molecule has 0 aromatic heterocycles. The van der Waals surface area contributed by atoms with Crippen LogP contribution in [0.2, 0.25) is 0 Å². The molecule has 1 aliphatic rings. The van der Waals surface area contributed by atoms with Crippen LogP contribution in [-0.4, -0.2) is 37.5 Å². The van der Waals surface area contributed by atoms with Crippen molar-refractivity contribution < 1.29 is 19.1 Å². The summed E-state index contributed by atoms with van der Waals surface area (Å²) in [5.74, 6) is 4.79. The van der Waals surface area contributed by atoms with Crippen molar-refractivity contribution in [2.75, 3.05) is 20.8 Å². The maximum Gasteiger partial charge on any atom is 0.323 e. The van der Waals surface area contributed by atoms with Gasteiger partial charge < -0.3 is 14.4 Å². The van der Waals surface area contributed by atoms with Crippen LogP contribution >= 0.6 is 0 Å². The molecular formula is C13H17N3O4. The molecule has 2 rings (SSSR count). The molecule has 7 heteroatoms. The summed E-state index contributed by atoms with van der Waals surface area (Å²) in [5, 5.41) is 0. The molecule has 20 heavy (non-hydrogen) atoms. The monoisotopic (exact) mass is 279 g/mol. The zero-order chi connectivity index (χ0) is 14.7. The lowest BCUT2D eigenvalue weighted by Gasteiger charge is -2.28. The number of nitrogens with two attached hydrogens (primary N) is 1. The van der Waals surface area contributed by atoms with Crippen molar-refractivity contribution in [2.24, 2.45) is 5.84 Å². The van der Waals surface area contributed by atoms with Crippen molar-refractivity contribution in [2.45, 2.75) is 13.0 Å². The predicted octanol–water partition coefficient (Wildman–Crippen LogP) is -0.422. The summed E-state index contributed by atoms with van der Waals surface area (Å²) in [5.41, 5.74) is 3.87. The fourth-order valence-electron chi connectivity index (χ4n) is 2.26. The number of methoxy groups -OCH3 is 2. The van der Waals surface area contributed by atoms with Gasteiger partial charge in [0.05, 0.1) is 14.2 Å². The second-order valence-electron chi connectivity index (χ2n) is 4.43. The van der Waals surface area contributed by atoms with Crippen molar-refractivity contribution in [3.8, 4) is 11.5 Å². The molecule has 0 fully saturated rings. The van der Waals surface area contributed by atoms with Crippen LogP contribution in [0.15, 0.2) is 12.1 Å². The topological polar surface area (TPSA) is 93.9 Å². The van der Waals surface area contributed by atoms with Gasteiger partial charge in [0.25, 0.3) is 0 Å². The number of hydrogen-bond acceptors (Lipinski definition) is 5. The zero-order valence-corrected chi connectivity index (χ0v) is 11.4. The number of rotatable bonds is 2. The highest BCUT2D eigenvalue weighted by Crippen LogP contribution is 2.33. The lowest BCUT2D eigenvalue weighted by molar-refractivity contribution is -0.146. The minimum atomic E-state index is -0.811. The number of carbonyl (C=O) groups excluding carboxylic acids is 2. The first-order valence-corrected chi connectivity index (χ1v) is 6.14. The smallest absolute Gasteiger partial charge is 0.323 e. The van der Waals surface area contributed by atoms with E-state index >= 15 is 0 Å². The molecule has 0 spiro atoms. The second-order valence-corrected chi connectivity index (χ2v) is 4.43. The van der Waals surface area contributed by atoms with Gasteiger partial charge in [0.15, 0.2) is 11.5 Å². The Morgan fingerprint density at radius 1 is 1.20 bits per heavy atom. The van der Waals surface area contributed by atoms with Crippen molar-refractivity contribution in [1.29, 1.82) is 0 Å². The molecule has 0 saturated heterocycles. The molecule has 0 bridgehead atoms. The maximum absolute atomic E-state index is 11.8. The summed E-state index contributed by atoms with van der Waals surface area (Å²) in [6, 6.07) is 3.73. The SMILES string of the molecule is COc1cc2c(cc1OC)CN(C(=O)C(=O)NN)CC2. The van der Waals surface area contributed by atoms with E-state index in [9.17, 15) is 9.59 Å². The normalized spacial score (nSPS) is 13.4. The molecule has 0 saturated carbocycles. The molecule has 3 N–H and O–H groups in total. The number of fused-ring (bicyclic) bond motifs is 1. The largest absolute Gasteiger partial charge is 0.493 e. The first-order chi connectivity index (χ1) is 9.60. The third-order valence-corrected chi connectivity index (χ3v) is 3.33. The number of ether oxygens (including phenoxy) is 2. The molecule has 0 unspecified atom stereocenters. The van der Waals surface area contributed by atoms with Gasteiger partial charge in [0, 0.05) is 13.1 Å². The van der Waals surface area contributed by atoms with Crippen LogP contribution in [0.25, 0.3) is 0 Å². The molecule has 1 heterocycles. The molecule has 0 atom stereocenters. The van der Waals surface area contributed by atoms with E-state index < -0.39 is 11.8 Å². The Kier molecular flexibility index (Phi) is 4.09. The average molecular weight is 279 g/mol. The molecule has 0 aliphatic carbocycles. The maximum atomic E-state index is 11.8. The van der Waals surface area contributed by atoms with Crippen molar-refractivity contribution in [3.05, 3.63) is 23.3 Å². The lowest BCUT2D eigenvalue weighted by Crippen LogP contribution is -2.47. The minimum Gasteiger partial charge on any atom is -0.493 e.